The zero-order valence-electron chi connectivity index (χ0n) is 18.0. The van der Waals surface area contributed by atoms with E-state index < -0.39 is 40.7 Å². The zero-order chi connectivity index (χ0) is 26.3. The standard InChI is InChI=1S/C24H12BrCl2F5N2O2/c1-10-15(24(35)34(33-10)22-20(31)18(29)17(28)19(30)21(22)32)7-12-6-14(27)8-16(25)23(12)36-9-11-3-2-4-13(26)5-11/h2-8H,9H2,1H3/b15-7-. The molecule has 0 saturated carbocycles. The molecular formula is C24H12BrCl2F5N2O2. The molecule has 0 fully saturated rings. The van der Waals surface area contributed by atoms with E-state index in [-0.39, 0.29) is 39.2 Å². The second-order valence-electron chi connectivity index (χ2n) is 7.50. The number of carbonyl (C=O) groups is 1. The van der Waals surface area contributed by atoms with Crippen LogP contribution >= 0.6 is 39.1 Å². The van der Waals surface area contributed by atoms with E-state index in [4.69, 9.17) is 27.9 Å². The highest BCUT2D eigenvalue weighted by Gasteiger charge is 2.37. The summed E-state index contributed by atoms with van der Waals surface area (Å²) in [5.41, 5.74) is -0.672. The number of ether oxygens (including phenoxy) is 1. The third kappa shape index (κ3) is 4.85. The van der Waals surface area contributed by atoms with Crippen LogP contribution in [0.4, 0.5) is 27.6 Å². The van der Waals surface area contributed by atoms with Crippen molar-refractivity contribution in [2.45, 2.75) is 13.5 Å². The first kappa shape index (κ1) is 26.1. The van der Waals surface area contributed by atoms with Crippen molar-refractivity contribution >= 4 is 62.5 Å². The summed E-state index contributed by atoms with van der Waals surface area (Å²) in [6, 6.07) is 9.94. The van der Waals surface area contributed by atoms with E-state index in [1.165, 1.54) is 19.1 Å². The van der Waals surface area contributed by atoms with Gasteiger partial charge in [0.05, 0.1) is 15.8 Å². The van der Waals surface area contributed by atoms with Crippen molar-refractivity contribution in [1.29, 1.82) is 0 Å². The Morgan fingerprint density at radius 3 is 2.25 bits per heavy atom. The lowest BCUT2D eigenvalue weighted by Gasteiger charge is -2.15. The van der Waals surface area contributed by atoms with Gasteiger partial charge in [0.1, 0.15) is 18.0 Å². The van der Waals surface area contributed by atoms with Gasteiger partial charge in [0, 0.05) is 15.6 Å². The van der Waals surface area contributed by atoms with E-state index in [2.05, 4.69) is 21.0 Å². The van der Waals surface area contributed by atoms with Crippen molar-refractivity contribution in [2.75, 3.05) is 5.01 Å². The average molecular weight is 606 g/mol. The molecule has 0 bridgehead atoms. The van der Waals surface area contributed by atoms with Crippen LogP contribution in [0.1, 0.15) is 18.1 Å². The normalized spacial score (nSPS) is 14.6. The molecule has 0 saturated heterocycles. The summed E-state index contributed by atoms with van der Waals surface area (Å²) in [5, 5.41) is 4.62. The van der Waals surface area contributed by atoms with Gasteiger partial charge in [0.2, 0.25) is 5.82 Å². The van der Waals surface area contributed by atoms with Crippen molar-refractivity contribution in [3.05, 3.63) is 96.7 Å². The minimum Gasteiger partial charge on any atom is -0.487 e. The largest absolute Gasteiger partial charge is 0.487 e. The molecule has 1 amide bonds. The fraction of sp³-hybridized carbons (Fsp3) is 0.0833. The topological polar surface area (TPSA) is 41.9 Å². The van der Waals surface area contributed by atoms with Crippen molar-refractivity contribution in [2.24, 2.45) is 5.10 Å². The van der Waals surface area contributed by atoms with E-state index >= 15 is 0 Å². The highest BCUT2D eigenvalue weighted by molar-refractivity contribution is 9.10. The minimum atomic E-state index is -2.35. The van der Waals surface area contributed by atoms with Crippen LogP contribution in [0.3, 0.4) is 0 Å². The quantitative estimate of drug-likeness (QED) is 0.129. The number of hydrazone groups is 1. The number of hydrogen-bond donors (Lipinski definition) is 0. The summed E-state index contributed by atoms with van der Waals surface area (Å²) in [6.07, 6.45) is 1.29. The first-order valence-corrected chi connectivity index (χ1v) is 11.5. The highest BCUT2D eigenvalue weighted by Crippen LogP contribution is 2.37. The highest BCUT2D eigenvalue weighted by atomic mass is 79.9. The molecule has 4 rings (SSSR count). The molecule has 0 spiro atoms. The molecule has 12 heteroatoms. The van der Waals surface area contributed by atoms with E-state index in [0.29, 0.717) is 9.50 Å². The third-order valence-electron chi connectivity index (χ3n) is 5.07. The fourth-order valence-electron chi connectivity index (χ4n) is 3.39. The zero-order valence-corrected chi connectivity index (χ0v) is 21.1. The Balaban J connectivity index is 1.74. The van der Waals surface area contributed by atoms with Gasteiger partial charge in [0.25, 0.3) is 5.91 Å². The first-order chi connectivity index (χ1) is 17.0. The van der Waals surface area contributed by atoms with Crippen LogP contribution in [0.25, 0.3) is 6.08 Å². The summed E-state index contributed by atoms with van der Waals surface area (Å²) < 4.78 is 75.8. The van der Waals surface area contributed by atoms with Crippen LogP contribution in [-0.2, 0) is 11.4 Å². The number of nitrogens with zero attached hydrogens (tertiary/aromatic N) is 2. The molecule has 0 unspecified atom stereocenters. The van der Waals surface area contributed by atoms with Crippen molar-refractivity contribution in [3.63, 3.8) is 0 Å². The number of halogens is 8. The molecular weight excluding hydrogens is 594 g/mol. The molecule has 4 nitrogen and oxygen atoms in total. The molecule has 3 aromatic carbocycles. The van der Waals surface area contributed by atoms with Crippen LogP contribution in [0.5, 0.6) is 5.75 Å². The minimum absolute atomic E-state index is 0.0409. The maximum Gasteiger partial charge on any atom is 0.280 e. The Kier molecular flexibility index (Phi) is 7.40. The SMILES string of the molecule is CC1=NN(c2c(F)c(F)c(F)c(F)c2F)C(=O)/C1=C\c1cc(Cl)cc(Br)c1OCc1cccc(Cl)c1. The van der Waals surface area contributed by atoms with Gasteiger partial charge in [-0.2, -0.15) is 10.1 Å². The van der Waals surface area contributed by atoms with E-state index in [0.717, 1.165) is 5.56 Å². The van der Waals surface area contributed by atoms with Crippen molar-refractivity contribution < 1.29 is 31.5 Å². The van der Waals surface area contributed by atoms with Gasteiger partial charge in [-0.05, 0) is 58.8 Å². The van der Waals surface area contributed by atoms with Gasteiger partial charge >= 0.3 is 0 Å². The Bertz CT molecular complexity index is 1450. The van der Waals surface area contributed by atoms with Gasteiger partial charge in [0.15, 0.2) is 23.3 Å². The lowest BCUT2D eigenvalue weighted by molar-refractivity contribution is -0.114. The summed E-state index contributed by atoms with van der Waals surface area (Å²) in [5.74, 6) is -12.0. The maximum absolute atomic E-state index is 14.3. The van der Waals surface area contributed by atoms with Gasteiger partial charge in [-0.25, -0.2) is 22.0 Å². The summed E-state index contributed by atoms with van der Waals surface area (Å²) >= 11 is 15.5. The lowest BCUT2D eigenvalue weighted by atomic mass is 10.1. The van der Waals surface area contributed by atoms with E-state index in [9.17, 15) is 26.7 Å². The molecule has 36 heavy (non-hydrogen) atoms. The molecule has 0 radical (unpaired) electrons. The fourth-order valence-corrected chi connectivity index (χ4v) is 4.55. The Hall–Kier alpha value is -2.95. The van der Waals surface area contributed by atoms with Gasteiger partial charge in [-0.15, -0.1) is 0 Å². The van der Waals surface area contributed by atoms with Crippen LogP contribution in [-0.4, -0.2) is 11.6 Å². The molecule has 1 heterocycles. The molecule has 1 aliphatic rings. The summed E-state index contributed by atoms with van der Waals surface area (Å²) in [4.78, 5) is 13.0. The summed E-state index contributed by atoms with van der Waals surface area (Å²) in [6.45, 7) is 1.43. The number of anilines is 1. The van der Waals surface area contributed by atoms with E-state index in [1.807, 2.05) is 0 Å². The Morgan fingerprint density at radius 2 is 1.61 bits per heavy atom. The van der Waals surface area contributed by atoms with Crippen LogP contribution in [0, 0.1) is 29.1 Å². The third-order valence-corrected chi connectivity index (χ3v) is 6.11. The second kappa shape index (κ2) is 10.2. The number of hydrogen-bond acceptors (Lipinski definition) is 3. The van der Waals surface area contributed by atoms with Gasteiger partial charge in [-0.1, -0.05) is 35.3 Å². The van der Waals surface area contributed by atoms with Crippen LogP contribution in [0.2, 0.25) is 10.0 Å². The number of benzene rings is 3. The molecule has 0 atom stereocenters. The molecule has 3 aromatic rings. The Morgan fingerprint density at radius 1 is 0.972 bits per heavy atom. The van der Waals surface area contributed by atoms with E-state index in [1.54, 1.807) is 30.3 Å². The predicted molar refractivity (Wildman–Crippen MR) is 130 cm³/mol. The molecule has 186 valence electrons. The maximum atomic E-state index is 14.3. The van der Waals surface area contributed by atoms with Crippen LogP contribution in [0.15, 0.2) is 51.5 Å². The average Bonchev–Trinajstić information content (AvgIpc) is 3.09. The first-order valence-electron chi connectivity index (χ1n) is 9.99. The van der Waals surface area contributed by atoms with Crippen molar-refractivity contribution in [3.8, 4) is 5.75 Å². The van der Waals surface area contributed by atoms with Crippen LogP contribution < -0.4 is 9.75 Å². The molecule has 0 aromatic heterocycles. The number of amides is 1. The summed E-state index contributed by atoms with van der Waals surface area (Å²) in [7, 11) is 0. The molecule has 1 aliphatic heterocycles. The van der Waals surface area contributed by atoms with Crippen molar-refractivity contribution in [1.82, 2.24) is 0 Å². The molecule has 0 N–H and O–H groups in total. The van der Waals surface area contributed by atoms with Gasteiger partial charge < -0.3 is 4.74 Å². The monoisotopic (exact) mass is 604 g/mol. The second-order valence-corrected chi connectivity index (χ2v) is 9.23. The number of rotatable bonds is 5. The number of carbonyl (C=O) groups excluding carboxylic acids is 1. The molecule has 0 aliphatic carbocycles. The lowest BCUT2D eigenvalue weighted by Crippen LogP contribution is -2.25. The predicted octanol–water partition coefficient (Wildman–Crippen LogP) is 7.84. The smallest absolute Gasteiger partial charge is 0.280 e. The Labute approximate surface area is 219 Å². The van der Waals surface area contributed by atoms with Gasteiger partial charge in [-0.3, -0.25) is 4.79 Å².